The summed E-state index contributed by atoms with van der Waals surface area (Å²) in [6.07, 6.45) is 2.16. The number of nitrogens with zero attached hydrogens (tertiary/aromatic N) is 3. The lowest BCUT2D eigenvalue weighted by molar-refractivity contribution is -0.141. The van der Waals surface area contributed by atoms with E-state index in [0.717, 1.165) is 49.2 Å². The van der Waals surface area contributed by atoms with Crippen LogP contribution in [0, 0.1) is 5.92 Å². The molecule has 3 N–H and O–H groups in total. The number of nitrogens with one attached hydrogen (secondary N) is 1. The number of primary amides is 1. The quantitative estimate of drug-likeness (QED) is 0.706. The lowest BCUT2D eigenvalue weighted by Crippen LogP contribution is -2.22. The number of alkyl halides is 3. The van der Waals surface area contributed by atoms with Crippen molar-refractivity contribution in [2.24, 2.45) is 11.7 Å². The highest BCUT2D eigenvalue weighted by Crippen LogP contribution is 2.36. The number of sulfone groups is 1. The van der Waals surface area contributed by atoms with E-state index in [1.165, 1.54) is 12.1 Å². The van der Waals surface area contributed by atoms with Gasteiger partial charge in [-0.3, -0.25) is 4.79 Å². The average Bonchev–Trinajstić information content (AvgIpc) is 3.07. The van der Waals surface area contributed by atoms with Gasteiger partial charge in [0, 0.05) is 19.0 Å². The number of carbonyl (C=O) groups excluding carboxylic acids is 1. The Bertz CT molecular complexity index is 1030. The van der Waals surface area contributed by atoms with Crippen LogP contribution in [0.15, 0.2) is 23.2 Å². The van der Waals surface area contributed by atoms with Crippen LogP contribution in [0.2, 0.25) is 0 Å². The fourth-order valence-corrected chi connectivity index (χ4v) is 4.09. The van der Waals surface area contributed by atoms with Gasteiger partial charge in [-0.25, -0.2) is 13.4 Å². The summed E-state index contributed by atoms with van der Waals surface area (Å²) in [5.74, 6) is -1.31. The van der Waals surface area contributed by atoms with Gasteiger partial charge >= 0.3 is 6.18 Å². The molecule has 2 aromatic rings. The third-order valence-corrected chi connectivity index (χ3v) is 6.15. The van der Waals surface area contributed by atoms with Crippen molar-refractivity contribution >= 4 is 21.6 Å². The molecule has 1 saturated carbocycles. The molecule has 0 bridgehead atoms. The van der Waals surface area contributed by atoms with Gasteiger partial charge in [0.1, 0.15) is 11.4 Å². The first-order chi connectivity index (χ1) is 14.0. The molecule has 8 nitrogen and oxygen atoms in total. The molecule has 30 heavy (non-hydrogen) atoms. The maximum Gasteiger partial charge on any atom is 0.436 e. The van der Waals surface area contributed by atoms with Crippen LogP contribution in [0.25, 0.3) is 5.82 Å². The van der Waals surface area contributed by atoms with Crippen LogP contribution in [0.5, 0.6) is 0 Å². The number of halogens is 3. The van der Waals surface area contributed by atoms with Gasteiger partial charge in [-0.2, -0.15) is 23.0 Å². The molecule has 0 saturated heterocycles. The number of anilines is 1. The molecule has 12 heteroatoms. The van der Waals surface area contributed by atoms with Gasteiger partial charge in [-0.05, 0) is 30.9 Å². The zero-order valence-electron chi connectivity index (χ0n) is 16.2. The summed E-state index contributed by atoms with van der Waals surface area (Å²) in [6, 6.07) is 2.43. The molecule has 3 rings (SSSR count). The number of nitrogens with two attached hydrogens (primary N) is 1. The number of hydrogen-bond acceptors (Lipinski definition) is 6. The number of rotatable bonds is 6. The Morgan fingerprint density at radius 2 is 1.93 bits per heavy atom. The molecule has 1 fully saturated rings. The molecular weight excluding hydrogens is 423 g/mol. The van der Waals surface area contributed by atoms with Crippen LogP contribution in [0.4, 0.5) is 19.0 Å². The molecule has 1 amide bonds. The fraction of sp³-hybridized carbons (Fsp3) is 0.500. The number of pyridine rings is 1. The smallest absolute Gasteiger partial charge is 0.369 e. The summed E-state index contributed by atoms with van der Waals surface area (Å²) in [7, 11) is -3.54. The minimum atomic E-state index is -4.91. The Kier molecular flexibility index (Phi) is 6.06. The van der Waals surface area contributed by atoms with E-state index in [9.17, 15) is 26.4 Å². The molecule has 0 aliphatic heterocycles. The van der Waals surface area contributed by atoms with Crippen LogP contribution in [-0.2, 0) is 16.0 Å². The van der Waals surface area contributed by atoms with Gasteiger partial charge in [-0.15, -0.1) is 0 Å². The first-order valence-corrected chi connectivity index (χ1v) is 11.3. The maximum absolute atomic E-state index is 13.5. The van der Waals surface area contributed by atoms with Gasteiger partial charge in [0.05, 0.1) is 4.90 Å². The highest BCUT2D eigenvalue weighted by atomic mass is 32.2. The fourth-order valence-electron chi connectivity index (χ4n) is 3.53. The van der Waals surface area contributed by atoms with E-state index in [-0.39, 0.29) is 22.4 Å². The van der Waals surface area contributed by atoms with E-state index in [2.05, 4.69) is 15.4 Å². The molecule has 2 aromatic heterocycles. The molecular formula is C18H22F3N5O3S. The van der Waals surface area contributed by atoms with Gasteiger partial charge in [-0.1, -0.05) is 19.3 Å². The molecule has 164 valence electrons. The predicted molar refractivity (Wildman–Crippen MR) is 103 cm³/mol. The Labute approximate surface area is 171 Å². The van der Waals surface area contributed by atoms with E-state index in [4.69, 9.17) is 5.73 Å². The summed E-state index contributed by atoms with van der Waals surface area (Å²) in [5, 5.41) is 6.46. The normalized spacial score (nSPS) is 15.9. The zero-order valence-corrected chi connectivity index (χ0v) is 17.1. The van der Waals surface area contributed by atoms with Crippen LogP contribution in [0.1, 0.15) is 48.2 Å². The van der Waals surface area contributed by atoms with Gasteiger partial charge in [0.15, 0.2) is 21.3 Å². The first kappa shape index (κ1) is 22.1. The standard InChI is InChI=1S/C18H22F3N5O3S/c1-30(28,29)12-7-8-13(23-10-12)26-17(24-9-11-5-3-2-4-6-11)14(16(22)27)15(25-26)18(19,20)21/h7-8,10-11,24H,2-6,9H2,1H3,(H2,22,27). The molecule has 0 spiro atoms. The predicted octanol–water partition coefficient (Wildman–Crippen LogP) is 2.78. The summed E-state index contributed by atoms with van der Waals surface area (Å²) in [5.41, 5.74) is 3.07. The molecule has 0 aromatic carbocycles. The summed E-state index contributed by atoms with van der Waals surface area (Å²) < 4.78 is 64.6. The largest absolute Gasteiger partial charge is 0.436 e. The minimum absolute atomic E-state index is 0.0773. The van der Waals surface area contributed by atoms with Gasteiger partial charge < -0.3 is 11.1 Å². The first-order valence-electron chi connectivity index (χ1n) is 9.39. The van der Waals surface area contributed by atoms with E-state index in [1.807, 2.05) is 0 Å². The highest BCUT2D eigenvalue weighted by molar-refractivity contribution is 7.90. The molecule has 1 aliphatic carbocycles. The van der Waals surface area contributed by atoms with E-state index in [1.54, 1.807) is 0 Å². The lowest BCUT2D eigenvalue weighted by atomic mass is 9.89. The van der Waals surface area contributed by atoms with Crippen LogP contribution in [-0.4, -0.2) is 41.9 Å². The van der Waals surface area contributed by atoms with Crippen molar-refractivity contribution in [1.29, 1.82) is 0 Å². The Hall–Kier alpha value is -2.63. The molecule has 1 aliphatic rings. The molecule has 2 heterocycles. The number of hydrogen-bond donors (Lipinski definition) is 2. The van der Waals surface area contributed by atoms with Crippen LogP contribution in [0.3, 0.4) is 0 Å². The molecule has 0 radical (unpaired) electrons. The maximum atomic E-state index is 13.5. The second kappa shape index (κ2) is 8.25. The SMILES string of the molecule is CS(=O)(=O)c1ccc(-n2nc(C(F)(F)F)c(C(N)=O)c2NCC2CCCCC2)nc1. The Balaban J connectivity index is 2.06. The van der Waals surface area contributed by atoms with Crippen LogP contribution < -0.4 is 11.1 Å². The summed E-state index contributed by atoms with van der Waals surface area (Å²) >= 11 is 0. The van der Waals surface area contributed by atoms with Crippen molar-refractivity contribution in [3.05, 3.63) is 29.6 Å². The Morgan fingerprint density at radius 3 is 2.43 bits per heavy atom. The number of carbonyl (C=O) groups is 1. The molecule has 0 atom stereocenters. The number of amides is 1. The van der Waals surface area contributed by atoms with Crippen molar-refractivity contribution in [2.45, 2.75) is 43.2 Å². The van der Waals surface area contributed by atoms with Crippen LogP contribution >= 0.6 is 0 Å². The molecule has 0 unspecified atom stereocenters. The second-order valence-corrected chi connectivity index (χ2v) is 9.37. The van der Waals surface area contributed by atoms with Crippen molar-refractivity contribution in [3.8, 4) is 5.82 Å². The van der Waals surface area contributed by atoms with Crippen molar-refractivity contribution in [3.63, 3.8) is 0 Å². The van der Waals surface area contributed by atoms with Gasteiger partial charge in [0.2, 0.25) is 0 Å². The third-order valence-electron chi connectivity index (χ3n) is 5.05. The van der Waals surface area contributed by atoms with Crippen molar-refractivity contribution in [1.82, 2.24) is 14.8 Å². The van der Waals surface area contributed by atoms with E-state index in [0.29, 0.717) is 6.54 Å². The third kappa shape index (κ3) is 4.74. The number of aromatic nitrogens is 3. The summed E-state index contributed by atoms with van der Waals surface area (Å²) in [6.45, 7) is 0.352. The van der Waals surface area contributed by atoms with Crippen molar-refractivity contribution in [2.75, 3.05) is 18.1 Å². The monoisotopic (exact) mass is 445 g/mol. The van der Waals surface area contributed by atoms with Crippen molar-refractivity contribution < 1.29 is 26.4 Å². The van der Waals surface area contributed by atoms with E-state index < -0.39 is 33.2 Å². The average molecular weight is 445 g/mol. The minimum Gasteiger partial charge on any atom is -0.369 e. The highest BCUT2D eigenvalue weighted by Gasteiger charge is 2.41. The summed E-state index contributed by atoms with van der Waals surface area (Å²) in [4.78, 5) is 15.7. The van der Waals surface area contributed by atoms with Gasteiger partial charge in [0.25, 0.3) is 5.91 Å². The lowest BCUT2D eigenvalue weighted by Gasteiger charge is -2.22. The second-order valence-electron chi connectivity index (χ2n) is 7.36. The van der Waals surface area contributed by atoms with E-state index >= 15 is 0 Å². The zero-order chi connectivity index (χ0) is 22.1. The topological polar surface area (TPSA) is 120 Å². The Morgan fingerprint density at radius 1 is 1.27 bits per heavy atom.